The van der Waals surface area contributed by atoms with Crippen molar-refractivity contribution in [1.29, 1.82) is 0 Å². The molecule has 0 bridgehead atoms. The maximum absolute atomic E-state index is 13.7. The molecule has 0 unspecified atom stereocenters. The molecular weight excluding hydrogens is 271 g/mol. The van der Waals surface area contributed by atoms with E-state index in [2.05, 4.69) is 23.4 Å². The van der Waals surface area contributed by atoms with Crippen molar-refractivity contribution in [3.05, 3.63) is 28.3 Å². The fourth-order valence-electron chi connectivity index (χ4n) is 3.26. The first-order valence-corrected chi connectivity index (χ1v) is 7.69. The molecule has 1 N–H and O–H groups in total. The van der Waals surface area contributed by atoms with Gasteiger partial charge in [-0.25, -0.2) is 4.39 Å². The molecule has 2 aromatic rings. The Hall–Kier alpha value is -1.16. The number of H-pyrrole nitrogens is 1. The third-order valence-electron chi connectivity index (χ3n) is 4.67. The fourth-order valence-corrected chi connectivity index (χ4v) is 3.61. The van der Waals surface area contributed by atoms with Crippen molar-refractivity contribution in [3.8, 4) is 0 Å². The first-order valence-electron chi connectivity index (χ1n) is 7.28. The molecule has 4 heteroatoms. The van der Waals surface area contributed by atoms with Crippen molar-refractivity contribution in [1.82, 2.24) is 9.55 Å². The Kier molecular flexibility index (Phi) is 3.24. The minimum Gasteiger partial charge on any atom is -0.330 e. The van der Waals surface area contributed by atoms with Gasteiger partial charge in [0.1, 0.15) is 5.82 Å². The second-order valence-electron chi connectivity index (χ2n) is 6.81. The molecule has 0 saturated heterocycles. The molecule has 0 atom stereocenters. The van der Waals surface area contributed by atoms with Gasteiger partial charge in [0.2, 0.25) is 0 Å². The number of benzene rings is 1. The van der Waals surface area contributed by atoms with Crippen LogP contribution in [0.2, 0.25) is 0 Å². The van der Waals surface area contributed by atoms with Gasteiger partial charge in [-0.2, -0.15) is 0 Å². The number of aromatic nitrogens is 2. The van der Waals surface area contributed by atoms with E-state index in [4.69, 9.17) is 12.2 Å². The summed E-state index contributed by atoms with van der Waals surface area (Å²) in [6.07, 6.45) is 4.72. The topological polar surface area (TPSA) is 20.7 Å². The van der Waals surface area contributed by atoms with E-state index in [1.165, 1.54) is 12.8 Å². The molecule has 1 aromatic heterocycles. The zero-order valence-electron chi connectivity index (χ0n) is 12.3. The SMILES string of the molecule is Cc1cc2c(cc1F)[nH]c(=S)n2C1CCC(C)(C)CC1. The monoisotopic (exact) mass is 292 g/mol. The van der Waals surface area contributed by atoms with Crippen LogP contribution in [0.25, 0.3) is 11.0 Å². The van der Waals surface area contributed by atoms with Crippen molar-refractivity contribution in [2.24, 2.45) is 5.41 Å². The van der Waals surface area contributed by atoms with Crippen molar-refractivity contribution in [2.45, 2.75) is 52.5 Å². The van der Waals surface area contributed by atoms with Crippen LogP contribution in [0, 0.1) is 22.9 Å². The highest BCUT2D eigenvalue weighted by molar-refractivity contribution is 7.71. The van der Waals surface area contributed by atoms with Crippen LogP contribution in [0.4, 0.5) is 4.39 Å². The van der Waals surface area contributed by atoms with Crippen LogP contribution >= 0.6 is 12.2 Å². The van der Waals surface area contributed by atoms with Gasteiger partial charge in [-0.15, -0.1) is 0 Å². The Morgan fingerprint density at radius 3 is 2.60 bits per heavy atom. The number of halogens is 1. The molecule has 1 saturated carbocycles. The van der Waals surface area contributed by atoms with Crippen molar-refractivity contribution >= 4 is 23.3 Å². The maximum atomic E-state index is 13.7. The predicted octanol–water partition coefficient (Wildman–Crippen LogP) is 5.29. The normalized spacial score (nSPS) is 19.6. The maximum Gasteiger partial charge on any atom is 0.178 e. The molecule has 1 aliphatic rings. The molecule has 1 heterocycles. The highest BCUT2D eigenvalue weighted by Crippen LogP contribution is 2.41. The van der Waals surface area contributed by atoms with E-state index in [1.807, 2.05) is 6.07 Å². The first kappa shape index (κ1) is 13.8. The summed E-state index contributed by atoms with van der Waals surface area (Å²) >= 11 is 5.46. The lowest BCUT2D eigenvalue weighted by molar-refractivity contribution is 0.195. The van der Waals surface area contributed by atoms with E-state index < -0.39 is 0 Å². The Labute approximate surface area is 124 Å². The number of nitrogens with one attached hydrogen (secondary N) is 1. The summed E-state index contributed by atoms with van der Waals surface area (Å²) in [5.41, 5.74) is 2.96. The summed E-state index contributed by atoms with van der Waals surface area (Å²) < 4.78 is 16.6. The Morgan fingerprint density at radius 2 is 1.95 bits per heavy atom. The van der Waals surface area contributed by atoms with Crippen LogP contribution in [-0.2, 0) is 0 Å². The van der Waals surface area contributed by atoms with Crippen molar-refractivity contribution < 1.29 is 4.39 Å². The number of nitrogens with zero attached hydrogens (tertiary/aromatic N) is 1. The lowest BCUT2D eigenvalue weighted by atomic mass is 9.75. The van der Waals surface area contributed by atoms with E-state index in [0.717, 1.165) is 28.6 Å². The molecule has 0 spiro atoms. The summed E-state index contributed by atoms with van der Waals surface area (Å²) in [5.74, 6) is -0.175. The summed E-state index contributed by atoms with van der Waals surface area (Å²) in [6, 6.07) is 3.91. The third-order valence-corrected chi connectivity index (χ3v) is 4.97. The molecule has 1 aromatic carbocycles. The zero-order valence-corrected chi connectivity index (χ0v) is 13.1. The van der Waals surface area contributed by atoms with E-state index in [9.17, 15) is 4.39 Å². The number of imidazole rings is 1. The van der Waals surface area contributed by atoms with Crippen LogP contribution in [0.1, 0.15) is 51.1 Å². The lowest BCUT2D eigenvalue weighted by Crippen LogP contribution is -2.23. The van der Waals surface area contributed by atoms with Gasteiger partial charge >= 0.3 is 0 Å². The van der Waals surface area contributed by atoms with E-state index in [1.54, 1.807) is 13.0 Å². The first-order chi connectivity index (χ1) is 9.37. The second-order valence-corrected chi connectivity index (χ2v) is 7.20. The van der Waals surface area contributed by atoms with Crippen LogP contribution in [0.5, 0.6) is 0 Å². The van der Waals surface area contributed by atoms with Crippen LogP contribution in [0.15, 0.2) is 12.1 Å². The second kappa shape index (κ2) is 4.69. The molecule has 1 fully saturated rings. The van der Waals surface area contributed by atoms with Gasteiger partial charge in [0.25, 0.3) is 0 Å². The van der Waals surface area contributed by atoms with Gasteiger partial charge in [-0.05, 0) is 67.9 Å². The van der Waals surface area contributed by atoms with Crippen LogP contribution in [0.3, 0.4) is 0 Å². The van der Waals surface area contributed by atoms with E-state index in [0.29, 0.717) is 17.0 Å². The minimum atomic E-state index is -0.175. The van der Waals surface area contributed by atoms with E-state index >= 15 is 0 Å². The van der Waals surface area contributed by atoms with Gasteiger partial charge in [-0.1, -0.05) is 13.8 Å². The predicted molar refractivity (Wildman–Crippen MR) is 83.1 cm³/mol. The average Bonchev–Trinajstić information content (AvgIpc) is 2.66. The van der Waals surface area contributed by atoms with Crippen molar-refractivity contribution in [2.75, 3.05) is 0 Å². The van der Waals surface area contributed by atoms with Gasteiger partial charge in [0, 0.05) is 6.04 Å². The molecule has 0 radical (unpaired) electrons. The molecular formula is C16H21FN2S. The smallest absolute Gasteiger partial charge is 0.178 e. The Morgan fingerprint density at radius 1 is 1.30 bits per heavy atom. The summed E-state index contributed by atoms with van der Waals surface area (Å²) in [5, 5.41) is 0. The number of rotatable bonds is 1. The number of aromatic amines is 1. The Balaban J connectivity index is 2.06. The van der Waals surface area contributed by atoms with Gasteiger partial charge in [0.05, 0.1) is 11.0 Å². The molecule has 0 aliphatic heterocycles. The molecule has 20 heavy (non-hydrogen) atoms. The molecule has 1 aliphatic carbocycles. The molecule has 3 rings (SSSR count). The number of hydrogen-bond acceptors (Lipinski definition) is 1. The standard InChI is InChI=1S/C16H21FN2S/c1-10-8-14-13(9-12(10)17)18-15(20)19(14)11-4-6-16(2,3)7-5-11/h8-9,11H,4-7H2,1-3H3,(H,18,20). The largest absolute Gasteiger partial charge is 0.330 e. The number of hydrogen-bond donors (Lipinski definition) is 1. The third kappa shape index (κ3) is 2.30. The fraction of sp³-hybridized carbons (Fsp3) is 0.562. The van der Waals surface area contributed by atoms with Gasteiger partial charge < -0.3 is 9.55 Å². The molecule has 0 amide bonds. The molecule has 2 nitrogen and oxygen atoms in total. The van der Waals surface area contributed by atoms with Crippen LogP contribution < -0.4 is 0 Å². The highest BCUT2D eigenvalue weighted by Gasteiger charge is 2.28. The van der Waals surface area contributed by atoms with Crippen molar-refractivity contribution in [3.63, 3.8) is 0 Å². The zero-order chi connectivity index (χ0) is 14.5. The number of aryl methyl sites for hydroxylation is 1. The summed E-state index contributed by atoms with van der Waals surface area (Å²) in [4.78, 5) is 3.15. The molecule has 108 valence electrons. The lowest BCUT2D eigenvalue weighted by Gasteiger charge is -2.35. The van der Waals surface area contributed by atoms with Crippen LogP contribution in [-0.4, -0.2) is 9.55 Å². The summed E-state index contributed by atoms with van der Waals surface area (Å²) in [6.45, 7) is 6.47. The Bertz CT molecular complexity index is 701. The summed E-state index contributed by atoms with van der Waals surface area (Å²) in [7, 11) is 0. The minimum absolute atomic E-state index is 0.175. The average molecular weight is 292 g/mol. The van der Waals surface area contributed by atoms with E-state index in [-0.39, 0.29) is 5.82 Å². The van der Waals surface area contributed by atoms with Gasteiger partial charge in [-0.3, -0.25) is 0 Å². The number of fused-ring (bicyclic) bond motifs is 1. The quantitative estimate of drug-likeness (QED) is 0.708. The highest BCUT2D eigenvalue weighted by atomic mass is 32.1. The van der Waals surface area contributed by atoms with Gasteiger partial charge in [0.15, 0.2) is 4.77 Å².